The summed E-state index contributed by atoms with van der Waals surface area (Å²) in [4.78, 5) is 19.6. The first-order valence-corrected chi connectivity index (χ1v) is 10.3. The van der Waals surface area contributed by atoms with Gasteiger partial charge in [0.2, 0.25) is 11.8 Å². The molecule has 1 aromatic carbocycles. The minimum absolute atomic E-state index is 0.0355. The monoisotopic (exact) mass is 383 g/mol. The molecule has 27 heavy (non-hydrogen) atoms. The maximum Gasteiger partial charge on any atom is 0.232 e. The van der Waals surface area contributed by atoms with Crippen LogP contribution in [0.4, 0.5) is 10.8 Å². The number of fused-ring (bicyclic) bond motifs is 2. The second kappa shape index (κ2) is 7.35. The molecule has 2 aromatic rings. The molecule has 142 valence electrons. The molecule has 1 fully saturated rings. The third kappa shape index (κ3) is 3.72. The first kappa shape index (κ1) is 18.0. The number of aromatic nitrogens is 1. The molecule has 1 aromatic heterocycles. The molecular weight excluding hydrogens is 358 g/mol. The van der Waals surface area contributed by atoms with Gasteiger partial charge in [-0.05, 0) is 50.7 Å². The second-order valence-electron chi connectivity index (χ2n) is 7.67. The smallest absolute Gasteiger partial charge is 0.232 e. The van der Waals surface area contributed by atoms with Crippen LogP contribution in [0.1, 0.15) is 31.6 Å². The topological polar surface area (TPSA) is 65.5 Å². The highest BCUT2D eigenvalue weighted by Crippen LogP contribution is 2.41. The molecule has 2 aliphatic carbocycles. The lowest BCUT2D eigenvalue weighted by atomic mass is 10.0. The summed E-state index contributed by atoms with van der Waals surface area (Å²) in [6.45, 7) is 3.99. The molecule has 6 heteroatoms. The van der Waals surface area contributed by atoms with Crippen LogP contribution in [0.25, 0.3) is 0 Å². The van der Waals surface area contributed by atoms with Gasteiger partial charge in [-0.1, -0.05) is 41.7 Å². The van der Waals surface area contributed by atoms with Gasteiger partial charge in [0.25, 0.3) is 0 Å². The summed E-state index contributed by atoms with van der Waals surface area (Å²) in [6, 6.07) is 10.1. The van der Waals surface area contributed by atoms with Gasteiger partial charge in [-0.15, -0.1) is 0 Å². The van der Waals surface area contributed by atoms with Crippen LogP contribution in [-0.4, -0.2) is 28.1 Å². The van der Waals surface area contributed by atoms with E-state index in [0.29, 0.717) is 27.9 Å². The number of para-hydroxylation sites is 1. The van der Waals surface area contributed by atoms with Gasteiger partial charge in [0, 0.05) is 17.8 Å². The highest BCUT2D eigenvalue weighted by molar-refractivity contribution is 7.16. The van der Waals surface area contributed by atoms with Gasteiger partial charge in [-0.25, -0.2) is 0 Å². The molecule has 0 aliphatic heterocycles. The number of thiazole rings is 1. The summed E-state index contributed by atoms with van der Waals surface area (Å²) in [5.74, 6) is 1.16. The van der Waals surface area contributed by atoms with Crippen molar-refractivity contribution in [1.29, 1.82) is 0 Å². The minimum atomic E-state index is -0.0374. The van der Waals surface area contributed by atoms with Crippen molar-refractivity contribution in [2.24, 2.45) is 11.8 Å². The number of allylic oxidation sites excluding steroid dienone is 1. The number of nitrogens with zero attached hydrogens (tertiary/aromatic N) is 2. The Bertz CT molecular complexity index is 846. The predicted molar refractivity (Wildman–Crippen MR) is 109 cm³/mol. The molecular formula is C21H25N3O2S. The zero-order valence-corrected chi connectivity index (χ0v) is 16.4. The lowest BCUT2D eigenvalue weighted by Gasteiger charge is -2.26. The zero-order valence-electron chi connectivity index (χ0n) is 15.6. The summed E-state index contributed by atoms with van der Waals surface area (Å²) in [7, 11) is 0. The molecule has 2 aliphatic rings. The van der Waals surface area contributed by atoms with E-state index in [4.69, 9.17) is 0 Å². The van der Waals surface area contributed by atoms with Crippen molar-refractivity contribution >= 4 is 28.1 Å². The molecule has 5 nitrogen and oxygen atoms in total. The molecule has 1 heterocycles. The summed E-state index contributed by atoms with van der Waals surface area (Å²) in [5, 5.41) is 14.4. The molecule has 2 N–H and O–H groups in total. The fraction of sp³-hybridized carbons (Fsp3) is 0.429. The van der Waals surface area contributed by atoms with Crippen molar-refractivity contribution in [3.8, 4) is 5.88 Å². The van der Waals surface area contributed by atoms with Crippen LogP contribution < -0.4 is 10.2 Å². The van der Waals surface area contributed by atoms with E-state index >= 15 is 0 Å². The average Bonchev–Trinajstić information content (AvgIpc) is 3.32. The summed E-state index contributed by atoms with van der Waals surface area (Å²) in [6.07, 6.45) is 7.06. The van der Waals surface area contributed by atoms with Crippen LogP contribution in [0.2, 0.25) is 0 Å². The standard InChI is InChI=1S/C21H25N3O2S/c1-13(2)24(16-6-4-3-5-7-16)19(25)12-18-20(26)23-21(27-18)22-17-11-14-8-9-15(17)10-14/h3-9,13-15,17,26H,10-12H2,1-2H3,(H,22,23). The van der Waals surface area contributed by atoms with E-state index in [2.05, 4.69) is 22.5 Å². The molecule has 3 unspecified atom stereocenters. The Morgan fingerprint density at radius 3 is 2.70 bits per heavy atom. The Labute approximate surface area is 163 Å². The van der Waals surface area contributed by atoms with E-state index in [-0.39, 0.29) is 24.2 Å². The maximum atomic E-state index is 12.9. The SMILES string of the molecule is CC(C)N(C(=O)Cc1sc(NC2CC3C=CC2C3)nc1O)c1ccccc1. The van der Waals surface area contributed by atoms with E-state index < -0.39 is 0 Å². The highest BCUT2D eigenvalue weighted by Gasteiger charge is 2.36. The van der Waals surface area contributed by atoms with Gasteiger partial charge in [-0.3, -0.25) is 4.79 Å². The van der Waals surface area contributed by atoms with Crippen molar-refractivity contribution in [1.82, 2.24) is 4.98 Å². The molecule has 1 amide bonds. The van der Waals surface area contributed by atoms with E-state index in [0.717, 1.165) is 12.1 Å². The van der Waals surface area contributed by atoms with E-state index in [9.17, 15) is 9.90 Å². The Kier molecular flexibility index (Phi) is 4.91. The van der Waals surface area contributed by atoms with Crippen molar-refractivity contribution < 1.29 is 9.90 Å². The maximum absolute atomic E-state index is 12.9. The Hall–Kier alpha value is -2.34. The fourth-order valence-corrected chi connectivity index (χ4v) is 5.08. The number of aromatic hydroxyl groups is 1. The van der Waals surface area contributed by atoms with Gasteiger partial charge in [0.15, 0.2) is 5.13 Å². The second-order valence-corrected chi connectivity index (χ2v) is 8.75. The Morgan fingerprint density at radius 1 is 1.30 bits per heavy atom. The van der Waals surface area contributed by atoms with Crippen LogP contribution in [0.5, 0.6) is 5.88 Å². The number of hydrogen-bond donors (Lipinski definition) is 2. The van der Waals surface area contributed by atoms with Gasteiger partial charge >= 0.3 is 0 Å². The lowest BCUT2D eigenvalue weighted by Crippen LogP contribution is -2.37. The largest absolute Gasteiger partial charge is 0.492 e. The van der Waals surface area contributed by atoms with Crippen molar-refractivity contribution in [2.45, 2.75) is 45.2 Å². The quantitative estimate of drug-likeness (QED) is 0.734. The molecule has 0 saturated heterocycles. The van der Waals surface area contributed by atoms with Gasteiger partial charge in [-0.2, -0.15) is 4.98 Å². The van der Waals surface area contributed by atoms with Gasteiger partial charge < -0.3 is 15.3 Å². The molecule has 4 rings (SSSR count). The van der Waals surface area contributed by atoms with Crippen molar-refractivity contribution in [3.63, 3.8) is 0 Å². The Morgan fingerprint density at radius 2 is 2.07 bits per heavy atom. The Balaban J connectivity index is 1.46. The van der Waals surface area contributed by atoms with Crippen molar-refractivity contribution in [2.75, 3.05) is 10.2 Å². The van der Waals surface area contributed by atoms with Crippen LogP contribution in [-0.2, 0) is 11.2 Å². The van der Waals surface area contributed by atoms with E-state index in [1.165, 1.54) is 17.8 Å². The van der Waals surface area contributed by atoms with Crippen LogP contribution in [0.15, 0.2) is 42.5 Å². The number of anilines is 2. The molecule has 0 spiro atoms. The number of benzene rings is 1. The number of carbonyl (C=O) groups excluding carboxylic acids is 1. The molecule has 0 radical (unpaired) electrons. The average molecular weight is 384 g/mol. The predicted octanol–water partition coefficient (Wildman–Crippen LogP) is 4.21. The summed E-state index contributed by atoms with van der Waals surface area (Å²) < 4.78 is 0. The number of hydrogen-bond acceptors (Lipinski definition) is 5. The fourth-order valence-electron chi connectivity index (χ4n) is 4.17. The molecule has 1 saturated carbocycles. The third-order valence-electron chi connectivity index (χ3n) is 5.40. The zero-order chi connectivity index (χ0) is 19.0. The minimum Gasteiger partial charge on any atom is -0.492 e. The molecule has 3 atom stereocenters. The number of nitrogens with one attached hydrogen (secondary N) is 1. The first-order valence-electron chi connectivity index (χ1n) is 9.52. The summed E-state index contributed by atoms with van der Waals surface area (Å²) >= 11 is 1.38. The summed E-state index contributed by atoms with van der Waals surface area (Å²) in [5.41, 5.74) is 0.869. The number of carbonyl (C=O) groups is 1. The van der Waals surface area contributed by atoms with Crippen LogP contribution in [0, 0.1) is 11.8 Å². The van der Waals surface area contributed by atoms with E-state index in [1.54, 1.807) is 4.90 Å². The molecule has 2 bridgehead atoms. The van der Waals surface area contributed by atoms with Gasteiger partial charge in [0.1, 0.15) is 0 Å². The van der Waals surface area contributed by atoms with Crippen LogP contribution >= 0.6 is 11.3 Å². The highest BCUT2D eigenvalue weighted by atomic mass is 32.1. The third-order valence-corrected chi connectivity index (χ3v) is 6.37. The van der Waals surface area contributed by atoms with E-state index in [1.807, 2.05) is 44.2 Å². The lowest BCUT2D eigenvalue weighted by molar-refractivity contribution is -0.118. The normalized spacial score (nSPS) is 23.1. The number of amides is 1. The van der Waals surface area contributed by atoms with Crippen molar-refractivity contribution in [3.05, 3.63) is 47.4 Å². The van der Waals surface area contributed by atoms with Gasteiger partial charge in [0.05, 0.1) is 11.3 Å². The number of rotatable bonds is 6. The van der Waals surface area contributed by atoms with Crippen LogP contribution in [0.3, 0.4) is 0 Å². The first-order chi connectivity index (χ1) is 13.0.